The van der Waals surface area contributed by atoms with Crippen molar-refractivity contribution in [3.8, 4) is 22.5 Å². The van der Waals surface area contributed by atoms with Gasteiger partial charge in [-0.1, -0.05) is 23.7 Å². The number of alkyl halides is 3. The molecule has 1 amide bonds. The SMILES string of the molecule is CCN(CC)C(=O)OC1CN(c2nnc(-c3ccc(C(F)(F)F)cc3)c(-c3ccncc3Cl)n2)C1. The Bertz CT molecular complexity index is 1200. The molecular formula is C23H22ClF3N6O2. The van der Waals surface area contributed by atoms with E-state index in [0.29, 0.717) is 54.0 Å². The van der Waals surface area contributed by atoms with E-state index in [4.69, 9.17) is 16.3 Å². The molecule has 0 unspecified atom stereocenters. The average molecular weight is 507 g/mol. The van der Waals surface area contributed by atoms with Gasteiger partial charge in [0.05, 0.1) is 23.7 Å². The van der Waals surface area contributed by atoms with Gasteiger partial charge < -0.3 is 14.5 Å². The Morgan fingerprint density at radius 1 is 1.11 bits per heavy atom. The largest absolute Gasteiger partial charge is 0.442 e. The maximum atomic E-state index is 13.0. The fourth-order valence-electron chi connectivity index (χ4n) is 3.59. The number of hydrogen-bond donors (Lipinski definition) is 0. The van der Waals surface area contributed by atoms with E-state index >= 15 is 0 Å². The summed E-state index contributed by atoms with van der Waals surface area (Å²) in [5.41, 5.74) is 0.777. The molecule has 0 saturated carbocycles. The number of hydrogen-bond acceptors (Lipinski definition) is 7. The van der Waals surface area contributed by atoms with Crippen LogP contribution in [0.2, 0.25) is 5.02 Å². The lowest BCUT2D eigenvalue weighted by atomic mass is 10.0. The quantitative estimate of drug-likeness (QED) is 0.468. The molecule has 1 saturated heterocycles. The van der Waals surface area contributed by atoms with Crippen LogP contribution in [0.25, 0.3) is 22.5 Å². The molecule has 0 atom stereocenters. The van der Waals surface area contributed by atoms with Crippen LogP contribution in [0.5, 0.6) is 0 Å². The highest BCUT2D eigenvalue weighted by molar-refractivity contribution is 6.33. The summed E-state index contributed by atoms with van der Waals surface area (Å²) >= 11 is 6.35. The lowest BCUT2D eigenvalue weighted by molar-refractivity contribution is -0.137. The van der Waals surface area contributed by atoms with E-state index in [0.717, 1.165) is 12.1 Å². The van der Waals surface area contributed by atoms with Crippen molar-refractivity contribution in [3.05, 3.63) is 53.3 Å². The Balaban J connectivity index is 1.61. The van der Waals surface area contributed by atoms with Gasteiger partial charge in [-0.05, 0) is 32.0 Å². The first-order chi connectivity index (χ1) is 16.7. The van der Waals surface area contributed by atoms with E-state index in [2.05, 4.69) is 20.2 Å². The molecule has 0 radical (unpaired) electrons. The molecule has 0 spiro atoms. The number of anilines is 1. The van der Waals surface area contributed by atoms with Gasteiger partial charge in [-0.15, -0.1) is 10.2 Å². The molecule has 0 aliphatic carbocycles. The van der Waals surface area contributed by atoms with E-state index in [1.807, 2.05) is 13.8 Å². The van der Waals surface area contributed by atoms with Crippen LogP contribution in [0.3, 0.4) is 0 Å². The highest BCUT2D eigenvalue weighted by atomic mass is 35.5. The monoisotopic (exact) mass is 506 g/mol. The summed E-state index contributed by atoms with van der Waals surface area (Å²) in [4.78, 5) is 24.1. The Morgan fingerprint density at radius 2 is 1.80 bits per heavy atom. The highest BCUT2D eigenvalue weighted by Crippen LogP contribution is 2.36. The van der Waals surface area contributed by atoms with Crippen molar-refractivity contribution in [2.75, 3.05) is 31.1 Å². The fraction of sp³-hybridized carbons (Fsp3) is 0.348. The third-order valence-electron chi connectivity index (χ3n) is 5.61. The van der Waals surface area contributed by atoms with Crippen LogP contribution >= 0.6 is 11.6 Å². The van der Waals surface area contributed by atoms with Gasteiger partial charge in [-0.25, -0.2) is 9.78 Å². The molecule has 8 nitrogen and oxygen atoms in total. The minimum Gasteiger partial charge on any atom is -0.442 e. The van der Waals surface area contributed by atoms with Gasteiger partial charge in [-0.2, -0.15) is 13.2 Å². The molecule has 1 aromatic carbocycles. The molecular weight excluding hydrogens is 485 g/mol. The zero-order valence-corrected chi connectivity index (χ0v) is 19.7. The molecule has 2 aromatic heterocycles. The predicted molar refractivity (Wildman–Crippen MR) is 124 cm³/mol. The molecule has 184 valence electrons. The smallest absolute Gasteiger partial charge is 0.416 e. The van der Waals surface area contributed by atoms with Crippen molar-refractivity contribution >= 4 is 23.6 Å². The maximum Gasteiger partial charge on any atom is 0.416 e. The van der Waals surface area contributed by atoms with Gasteiger partial charge in [0.1, 0.15) is 17.5 Å². The zero-order chi connectivity index (χ0) is 25.2. The lowest BCUT2D eigenvalue weighted by Gasteiger charge is -2.38. The third-order valence-corrected chi connectivity index (χ3v) is 5.91. The Kier molecular flexibility index (Phi) is 7.06. The number of amides is 1. The number of rotatable bonds is 6. The Morgan fingerprint density at radius 3 is 2.40 bits per heavy atom. The van der Waals surface area contributed by atoms with Crippen LogP contribution in [-0.2, 0) is 10.9 Å². The molecule has 4 rings (SSSR count). The lowest BCUT2D eigenvalue weighted by Crippen LogP contribution is -2.55. The zero-order valence-electron chi connectivity index (χ0n) is 19.0. The summed E-state index contributed by atoms with van der Waals surface area (Å²) in [5.74, 6) is 0.290. The highest BCUT2D eigenvalue weighted by Gasteiger charge is 2.34. The second-order valence-corrected chi connectivity index (χ2v) is 8.23. The number of benzene rings is 1. The first-order valence-electron chi connectivity index (χ1n) is 10.9. The standard InChI is InChI=1S/C23H22ClF3N6O2/c1-3-32(4-2)22(34)35-16-12-33(13-16)21-29-20(17-9-10-28-11-18(17)24)19(30-31-21)14-5-7-15(8-6-14)23(25,26)27/h5-11,16H,3-4,12-13H2,1-2H3. The summed E-state index contributed by atoms with van der Waals surface area (Å²) < 4.78 is 44.5. The van der Waals surface area contributed by atoms with E-state index in [1.54, 1.807) is 15.9 Å². The molecule has 3 heterocycles. The molecule has 0 N–H and O–H groups in total. The third kappa shape index (κ3) is 5.29. The minimum absolute atomic E-state index is 0.278. The number of nitrogens with zero attached hydrogens (tertiary/aromatic N) is 6. The number of pyridine rings is 1. The van der Waals surface area contributed by atoms with Crippen molar-refractivity contribution in [1.82, 2.24) is 25.1 Å². The maximum absolute atomic E-state index is 13.0. The number of carbonyl (C=O) groups excluding carboxylic acids is 1. The molecule has 1 aliphatic rings. The van der Waals surface area contributed by atoms with Gasteiger partial charge in [0.2, 0.25) is 5.95 Å². The summed E-state index contributed by atoms with van der Waals surface area (Å²) in [6.45, 7) is 5.64. The van der Waals surface area contributed by atoms with Crippen LogP contribution in [-0.4, -0.2) is 63.4 Å². The average Bonchev–Trinajstić information content (AvgIpc) is 2.81. The molecule has 1 fully saturated rings. The minimum atomic E-state index is -4.45. The van der Waals surface area contributed by atoms with Crippen molar-refractivity contribution < 1.29 is 22.7 Å². The van der Waals surface area contributed by atoms with Crippen LogP contribution in [0.4, 0.5) is 23.9 Å². The van der Waals surface area contributed by atoms with E-state index in [1.165, 1.54) is 24.5 Å². The van der Waals surface area contributed by atoms with Crippen molar-refractivity contribution in [2.24, 2.45) is 0 Å². The molecule has 12 heteroatoms. The Labute approximate surface area is 204 Å². The van der Waals surface area contributed by atoms with Crippen LogP contribution in [0, 0.1) is 0 Å². The number of ether oxygens (including phenoxy) is 1. The molecule has 3 aromatic rings. The van der Waals surface area contributed by atoms with Gasteiger partial charge in [0.25, 0.3) is 0 Å². The van der Waals surface area contributed by atoms with Gasteiger partial charge in [0, 0.05) is 36.6 Å². The number of halogens is 4. The number of carbonyl (C=O) groups is 1. The first-order valence-corrected chi connectivity index (χ1v) is 11.3. The summed E-state index contributed by atoms with van der Waals surface area (Å²) in [6, 6.07) is 6.24. The fourth-order valence-corrected chi connectivity index (χ4v) is 3.80. The van der Waals surface area contributed by atoms with Crippen LogP contribution < -0.4 is 4.90 Å². The molecule has 35 heavy (non-hydrogen) atoms. The van der Waals surface area contributed by atoms with Crippen molar-refractivity contribution in [1.29, 1.82) is 0 Å². The summed E-state index contributed by atoms with van der Waals surface area (Å²) in [6.07, 6.45) is -2.16. The normalized spacial score (nSPS) is 13.9. The van der Waals surface area contributed by atoms with Crippen molar-refractivity contribution in [2.45, 2.75) is 26.1 Å². The van der Waals surface area contributed by atoms with Crippen LogP contribution in [0.1, 0.15) is 19.4 Å². The van der Waals surface area contributed by atoms with E-state index < -0.39 is 11.7 Å². The molecule has 0 bridgehead atoms. The van der Waals surface area contributed by atoms with Crippen molar-refractivity contribution in [3.63, 3.8) is 0 Å². The molecule has 1 aliphatic heterocycles. The van der Waals surface area contributed by atoms with Gasteiger partial charge in [-0.3, -0.25) is 4.98 Å². The topological polar surface area (TPSA) is 84.3 Å². The second-order valence-electron chi connectivity index (χ2n) is 7.82. The number of aromatic nitrogens is 4. The van der Waals surface area contributed by atoms with Gasteiger partial charge in [0.15, 0.2) is 0 Å². The first kappa shape index (κ1) is 24.6. The summed E-state index contributed by atoms with van der Waals surface area (Å²) in [5, 5.41) is 8.76. The van der Waals surface area contributed by atoms with Gasteiger partial charge >= 0.3 is 12.3 Å². The van der Waals surface area contributed by atoms with Crippen LogP contribution in [0.15, 0.2) is 42.7 Å². The Hall–Kier alpha value is -3.47. The van der Waals surface area contributed by atoms with E-state index in [9.17, 15) is 18.0 Å². The van der Waals surface area contributed by atoms with E-state index in [-0.39, 0.29) is 17.9 Å². The second kappa shape index (κ2) is 10.0. The predicted octanol–water partition coefficient (Wildman–Crippen LogP) is 4.94. The summed E-state index contributed by atoms with van der Waals surface area (Å²) in [7, 11) is 0.